The minimum atomic E-state index is -0.758. The van der Waals surface area contributed by atoms with Gasteiger partial charge in [0.25, 0.3) is 0 Å². The van der Waals surface area contributed by atoms with E-state index in [2.05, 4.69) is 22.3 Å². The number of rotatable bonds is 3. The van der Waals surface area contributed by atoms with Gasteiger partial charge in [-0.25, -0.2) is 0 Å². The van der Waals surface area contributed by atoms with Crippen molar-refractivity contribution in [3.63, 3.8) is 0 Å². The second-order valence-corrected chi connectivity index (χ2v) is 5.93. The fourth-order valence-electron chi connectivity index (χ4n) is 3.58. The van der Waals surface area contributed by atoms with E-state index in [1.54, 1.807) is 0 Å². The highest BCUT2D eigenvalue weighted by molar-refractivity contribution is 5.71. The summed E-state index contributed by atoms with van der Waals surface area (Å²) in [6, 6.07) is 8.26. The van der Waals surface area contributed by atoms with Crippen LogP contribution >= 0.6 is 0 Å². The molecule has 1 heterocycles. The molecule has 5 heteroatoms. The zero-order chi connectivity index (χ0) is 14.4. The van der Waals surface area contributed by atoms with Gasteiger partial charge in [-0.3, -0.25) is 4.79 Å². The van der Waals surface area contributed by atoms with Gasteiger partial charge in [-0.15, -0.1) is 0 Å². The highest BCUT2D eigenvalue weighted by Gasteiger charge is 2.39. The summed E-state index contributed by atoms with van der Waals surface area (Å²) in [5.41, 5.74) is 2.59. The lowest BCUT2D eigenvalue weighted by Crippen LogP contribution is -2.20. The lowest BCUT2D eigenvalue weighted by molar-refractivity contribution is -0.142. The van der Waals surface area contributed by atoms with Crippen LogP contribution in [0.2, 0.25) is 0 Å². The Morgan fingerprint density at radius 3 is 2.95 bits per heavy atom. The van der Waals surface area contributed by atoms with Crippen LogP contribution in [0.15, 0.2) is 28.8 Å². The Morgan fingerprint density at radius 1 is 1.29 bits per heavy atom. The van der Waals surface area contributed by atoms with Gasteiger partial charge in [-0.2, -0.15) is 4.98 Å². The summed E-state index contributed by atoms with van der Waals surface area (Å²) in [6.45, 7) is 0. The molecule has 2 aliphatic carbocycles. The van der Waals surface area contributed by atoms with Crippen molar-refractivity contribution in [3.8, 4) is 0 Å². The third-order valence-electron chi connectivity index (χ3n) is 4.77. The fourth-order valence-corrected chi connectivity index (χ4v) is 3.58. The third kappa shape index (κ3) is 1.95. The minimum absolute atomic E-state index is 0.126. The van der Waals surface area contributed by atoms with E-state index in [0.717, 1.165) is 19.3 Å². The van der Waals surface area contributed by atoms with Gasteiger partial charge >= 0.3 is 5.97 Å². The standard InChI is InChI=1S/C16H16N2O3/c19-16(20)12-7-3-6-11(12)15-17-14(18-21-15)13-8-9-4-1-2-5-10(9)13/h1-2,4-5,11-13H,3,6-8H2,(H,19,20). The number of carbonyl (C=O) groups is 1. The number of carboxylic acids is 1. The van der Waals surface area contributed by atoms with Gasteiger partial charge in [0.15, 0.2) is 5.82 Å². The maximum atomic E-state index is 11.3. The molecule has 2 aromatic rings. The zero-order valence-corrected chi connectivity index (χ0v) is 11.5. The summed E-state index contributed by atoms with van der Waals surface area (Å²) in [5.74, 6) is 0.125. The number of hydrogen-bond donors (Lipinski definition) is 1. The molecule has 0 radical (unpaired) electrons. The maximum absolute atomic E-state index is 11.3. The average molecular weight is 284 g/mol. The summed E-state index contributed by atoms with van der Waals surface area (Å²) in [4.78, 5) is 15.8. The SMILES string of the molecule is O=C(O)C1CCCC1c1nc(C2Cc3ccccc32)no1. The van der Waals surface area contributed by atoms with Gasteiger partial charge in [-0.1, -0.05) is 35.8 Å². The molecule has 1 fully saturated rings. The van der Waals surface area contributed by atoms with Gasteiger partial charge < -0.3 is 9.63 Å². The van der Waals surface area contributed by atoms with E-state index >= 15 is 0 Å². The Bertz CT molecular complexity index is 694. The summed E-state index contributed by atoms with van der Waals surface area (Å²) >= 11 is 0. The normalized spacial score (nSPS) is 27.1. The van der Waals surface area contributed by atoms with Gasteiger partial charge in [-0.05, 0) is 30.4 Å². The first-order valence-electron chi connectivity index (χ1n) is 7.38. The molecule has 2 aliphatic rings. The lowest BCUT2D eigenvalue weighted by Gasteiger charge is -2.27. The van der Waals surface area contributed by atoms with Gasteiger partial charge in [0.05, 0.1) is 17.8 Å². The molecule has 1 aromatic carbocycles. The monoisotopic (exact) mass is 284 g/mol. The first kappa shape index (κ1) is 12.6. The molecule has 1 aromatic heterocycles. The highest BCUT2D eigenvalue weighted by Crippen LogP contribution is 2.42. The Kier molecular flexibility index (Phi) is 2.80. The molecule has 3 atom stereocenters. The molecule has 1 saturated carbocycles. The molecule has 0 amide bonds. The van der Waals surface area contributed by atoms with E-state index in [0.29, 0.717) is 18.1 Å². The molecule has 5 nitrogen and oxygen atoms in total. The molecule has 0 aliphatic heterocycles. The fraction of sp³-hybridized carbons (Fsp3) is 0.438. The van der Waals surface area contributed by atoms with Crippen molar-refractivity contribution in [2.75, 3.05) is 0 Å². The number of aliphatic carboxylic acids is 1. The van der Waals surface area contributed by atoms with Crippen LogP contribution in [0.4, 0.5) is 0 Å². The minimum Gasteiger partial charge on any atom is -0.481 e. The van der Waals surface area contributed by atoms with Crippen LogP contribution < -0.4 is 0 Å². The van der Waals surface area contributed by atoms with Gasteiger partial charge in [0.2, 0.25) is 5.89 Å². The smallest absolute Gasteiger partial charge is 0.307 e. The molecule has 1 N–H and O–H groups in total. The molecule has 0 bridgehead atoms. The van der Waals surface area contributed by atoms with E-state index in [9.17, 15) is 9.90 Å². The Balaban J connectivity index is 1.59. The quantitative estimate of drug-likeness (QED) is 0.937. The van der Waals surface area contributed by atoms with Crippen molar-refractivity contribution in [1.82, 2.24) is 10.1 Å². The van der Waals surface area contributed by atoms with Crippen molar-refractivity contribution < 1.29 is 14.4 Å². The molecular weight excluding hydrogens is 268 g/mol. The predicted octanol–water partition coefficient (Wildman–Crippen LogP) is 2.73. The summed E-state index contributed by atoms with van der Waals surface area (Å²) in [7, 11) is 0. The largest absolute Gasteiger partial charge is 0.481 e. The molecular formula is C16H16N2O3. The van der Waals surface area contributed by atoms with E-state index in [1.807, 2.05) is 12.1 Å². The van der Waals surface area contributed by atoms with Crippen LogP contribution in [0, 0.1) is 5.92 Å². The Labute approximate surface area is 122 Å². The second-order valence-electron chi connectivity index (χ2n) is 5.93. The highest BCUT2D eigenvalue weighted by atomic mass is 16.5. The third-order valence-corrected chi connectivity index (χ3v) is 4.77. The molecule has 0 saturated heterocycles. The van der Waals surface area contributed by atoms with Crippen molar-refractivity contribution in [2.45, 2.75) is 37.5 Å². The summed E-state index contributed by atoms with van der Waals surface area (Å²) < 4.78 is 5.38. The molecule has 21 heavy (non-hydrogen) atoms. The first-order chi connectivity index (χ1) is 10.2. The number of nitrogens with zero attached hydrogens (tertiary/aromatic N) is 2. The van der Waals surface area contributed by atoms with Crippen LogP contribution in [0.25, 0.3) is 0 Å². The predicted molar refractivity (Wildman–Crippen MR) is 74.0 cm³/mol. The Morgan fingerprint density at radius 2 is 2.14 bits per heavy atom. The van der Waals surface area contributed by atoms with E-state index in [-0.39, 0.29) is 17.8 Å². The van der Waals surface area contributed by atoms with Crippen LogP contribution in [0.3, 0.4) is 0 Å². The Hall–Kier alpha value is -2.17. The number of carboxylic acid groups (broad SMARTS) is 1. The number of aromatic nitrogens is 2. The summed E-state index contributed by atoms with van der Waals surface area (Å²) in [6.07, 6.45) is 3.36. The lowest BCUT2D eigenvalue weighted by atomic mass is 9.77. The van der Waals surface area contributed by atoms with Crippen molar-refractivity contribution in [3.05, 3.63) is 47.1 Å². The molecule has 108 valence electrons. The van der Waals surface area contributed by atoms with Gasteiger partial charge in [0.1, 0.15) is 0 Å². The van der Waals surface area contributed by atoms with Crippen molar-refractivity contribution in [2.24, 2.45) is 5.92 Å². The van der Waals surface area contributed by atoms with Crippen molar-refractivity contribution in [1.29, 1.82) is 0 Å². The number of benzene rings is 1. The number of hydrogen-bond acceptors (Lipinski definition) is 4. The molecule has 3 unspecified atom stereocenters. The van der Waals surface area contributed by atoms with E-state index < -0.39 is 5.97 Å². The maximum Gasteiger partial charge on any atom is 0.307 e. The van der Waals surface area contributed by atoms with Crippen LogP contribution in [0.1, 0.15) is 53.9 Å². The van der Waals surface area contributed by atoms with Crippen LogP contribution in [-0.4, -0.2) is 21.2 Å². The van der Waals surface area contributed by atoms with Crippen LogP contribution in [0.5, 0.6) is 0 Å². The van der Waals surface area contributed by atoms with Crippen LogP contribution in [-0.2, 0) is 11.2 Å². The van der Waals surface area contributed by atoms with Crippen molar-refractivity contribution >= 4 is 5.97 Å². The van der Waals surface area contributed by atoms with Gasteiger partial charge in [0, 0.05) is 0 Å². The topological polar surface area (TPSA) is 76.2 Å². The zero-order valence-electron chi connectivity index (χ0n) is 11.5. The number of fused-ring (bicyclic) bond motifs is 1. The second kappa shape index (κ2) is 4.69. The first-order valence-corrected chi connectivity index (χ1v) is 7.38. The molecule has 4 rings (SSSR count). The molecule has 0 spiro atoms. The summed E-state index contributed by atoms with van der Waals surface area (Å²) in [5, 5.41) is 13.4. The average Bonchev–Trinajstić information content (AvgIpc) is 3.08. The van der Waals surface area contributed by atoms with E-state index in [1.165, 1.54) is 11.1 Å². The van der Waals surface area contributed by atoms with E-state index in [4.69, 9.17) is 4.52 Å².